The number of hydrogen-bond acceptors (Lipinski definition) is 16. The SMILES string of the molecule is CC[C@H]1OC(=O)[C@H](C)[C@@H](O[C@H]2C[C@@](C)(OC)C(OC(=O)NCCNCc3ccccn3)[C@H](C)O2)[C@H](C)[C@@H](O[C@@H]2O[C@H](C)C[C@H](N(C)C)[C@H]2O)[C@@](C)(O)C[C@@H](C)[C@H]2O[C@@]1(C)C(=O)[C@H]2C. The molecule has 1 amide bonds. The van der Waals surface area contributed by atoms with Crippen LogP contribution in [-0.4, -0.2) is 156 Å². The number of carbonyl (C=O) groups is 3. The smallest absolute Gasteiger partial charge is 0.407 e. The zero-order valence-corrected chi connectivity index (χ0v) is 39.7. The number of amides is 1. The van der Waals surface area contributed by atoms with Crippen molar-refractivity contribution in [1.82, 2.24) is 20.5 Å². The number of nitrogens with zero attached hydrogens (tertiary/aromatic N) is 2. The molecule has 0 aliphatic carbocycles. The Morgan fingerprint density at radius 2 is 1.70 bits per heavy atom. The molecule has 1 aromatic heterocycles. The van der Waals surface area contributed by atoms with E-state index in [1.165, 1.54) is 7.11 Å². The van der Waals surface area contributed by atoms with Crippen molar-refractivity contribution in [2.45, 2.75) is 186 Å². The summed E-state index contributed by atoms with van der Waals surface area (Å²) in [6.07, 6.45) is -6.54. The van der Waals surface area contributed by atoms with Gasteiger partial charge in [0.2, 0.25) is 0 Å². The van der Waals surface area contributed by atoms with Gasteiger partial charge in [-0.25, -0.2) is 4.79 Å². The molecule has 4 aliphatic heterocycles. The molecule has 17 heteroatoms. The van der Waals surface area contributed by atoms with E-state index in [-0.39, 0.29) is 36.7 Å². The van der Waals surface area contributed by atoms with Gasteiger partial charge in [-0.15, -0.1) is 0 Å². The molecule has 358 valence electrons. The van der Waals surface area contributed by atoms with Crippen molar-refractivity contribution < 1.29 is 62.5 Å². The second-order valence-electron chi connectivity index (χ2n) is 19.3. The summed E-state index contributed by atoms with van der Waals surface area (Å²) in [4.78, 5) is 47.8. The Bertz CT molecular complexity index is 1670. The maximum atomic E-state index is 14.5. The lowest BCUT2D eigenvalue weighted by Crippen LogP contribution is -2.61. The topological polar surface area (TPSA) is 206 Å². The fourth-order valence-corrected chi connectivity index (χ4v) is 10.4. The minimum absolute atomic E-state index is 0.0887. The van der Waals surface area contributed by atoms with E-state index in [1.807, 2.05) is 78.7 Å². The number of fused-ring (bicyclic) bond motifs is 2. The highest BCUT2D eigenvalue weighted by atomic mass is 16.7. The van der Waals surface area contributed by atoms with Gasteiger partial charge in [-0.2, -0.15) is 0 Å². The summed E-state index contributed by atoms with van der Waals surface area (Å²) in [5.74, 6) is -3.49. The van der Waals surface area contributed by atoms with Gasteiger partial charge in [-0.3, -0.25) is 14.6 Å². The van der Waals surface area contributed by atoms with Crippen LogP contribution in [0.3, 0.4) is 0 Å². The Hall–Kier alpha value is -2.84. The summed E-state index contributed by atoms with van der Waals surface area (Å²) in [6, 6.07) is 5.38. The number of esters is 1. The lowest BCUT2D eigenvalue weighted by atomic mass is 9.75. The van der Waals surface area contributed by atoms with E-state index in [0.29, 0.717) is 32.5 Å². The third-order valence-corrected chi connectivity index (χ3v) is 13.9. The number of aromatic nitrogens is 1. The highest BCUT2D eigenvalue weighted by molar-refractivity contribution is 5.92. The summed E-state index contributed by atoms with van der Waals surface area (Å²) in [6.45, 7) is 19.2. The summed E-state index contributed by atoms with van der Waals surface area (Å²) in [5, 5.41) is 30.4. The molecular weight excluding hydrogens is 817 g/mol. The molecule has 5 rings (SSSR count). The summed E-state index contributed by atoms with van der Waals surface area (Å²) < 4.78 is 51.2. The quantitative estimate of drug-likeness (QED) is 0.164. The van der Waals surface area contributed by atoms with Crippen LogP contribution in [-0.2, 0) is 54.0 Å². The zero-order valence-electron chi connectivity index (χ0n) is 39.7. The van der Waals surface area contributed by atoms with Crippen molar-refractivity contribution in [3.8, 4) is 0 Å². The van der Waals surface area contributed by atoms with Crippen LogP contribution in [0.15, 0.2) is 24.4 Å². The van der Waals surface area contributed by atoms with E-state index in [0.717, 1.165) is 5.69 Å². The van der Waals surface area contributed by atoms with Gasteiger partial charge in [-0.05, 0) is 93.0 Å². The number of methoxy groups -OCH3 is 1. The molecule has 1 aromatic rings. The number of nitrogens with one attached hydrogen (secondary N) is 2. The number of alkyl carbamates (subject to hydrolysis) is 1. The molecule has 4 aliphatic rings. The first kappa shape index (κ1) is 51.1. The number of carbonyl (C=O) groups excluding carboxylic acids is 3. The lowest BCUT2D eigenvalue weighted by molar-refractivity contribution is -0.317. The number of aliphatic hydroxyl groups excluding tert-OH is 1. The fraction of sp³-hybridized carbons (Fsp3) is 0.826. The van der Waals surface area contributed by atoms with E-state index in [1.54, 1.807) is 33.9 Å². The number of likely N-dealkylation sites (N-methyl/N-ethyl adjacent to an activating group) is 1. The first-order valence-electron chi connectivity index (χ1n) is 22.8. The molecule has 4 N–H and O–H groups in total. The van der Waals surface area contributed by atoms with E-state index in [9.17, 15) is 24.6 Å². The van der Waals surface area contributed by atoms with Gasteiger partial charge in [-0.1, -0.05) is 33.8 Å². The molecule has 0 saturated carbocycles. The molecule has 4 saturated heterocycles. The monoisotopic (exact) mass is 893 g/mol. The van der Waals surface area contributed by atoms with Crippen LogP contribution in [0.1, 0.15) is 101 Å². The van der Waals surface area contributed by atoms with Crippen LogP contribution < -0.4 is 10.6 Å². The molecule has 0 spiro atoms. The van der Waals surface area contributed by atoms with Crippen LogP contribution in [0.2, 0.25) is 0 Å². The maximum absolute atomic E-state index is 14.5. The Kier molecular flexibility index (Phi) is 17.2. The van der Waals surface area contributed by atoms with E-state index in [2.05, 4.69) is 15.6 Å². The highest BCUT2D eigenvalue weighted by Crippen LogP contribution is 2.45. The molecule has 17 nitrogen and oxygen atoms in total. The number of hydrogen-bond donors (Lipinski definition) is 4. The van der Waals surface area contributed by atoms with Gasteiger partial charge in [0.15, 0.2) is 30.1 Å². The molecular formula is C46H76N4O13. The summed E-state index contributed by atoms with van der Waals surface area (Å²) >= 11 is 0. The first-order chi connectivity index (χ1) is 29.6. The Labute approximate surface area is 373 Å². The molecule has 5 heterocycles. The third kappa shape index (κ3) is 11.6. The number of Topliss-reactive ketones (excluding diaryl/α,β-unsaturated/α-hetero) is 1. The second kappa shape index (κ2) is 21.2. The average Bonchev–Trinajstić information content (AvgIpc) is 3.47. The minimum Gasteiger partial charge on any atom is -0.459 e. The van der Waals surface area contributed by atoms with Crippen LogP contribution >= 0.6 is 0 Å². The van der Waals surface area contributed by atoms with Gasteiger partial charge in [0.05, 0.1) is 47.7 Å². The number of rotatable bonds is 13. The molecule has 4 fully saturated rings. The van der Waals surface area contributed by atoms with Crippen molar-refractivity contribution >= 4 is 17.8 Å². The van der Waals surface area contributed by atoms with Gasteiger partial charge in [0.25, 0.3) is 0 Å². The van der Waals surface area contributed by atoms with Crippen LogP contribution in [0.5, 0.6) is 0 Å². The molecule has 63 heavy (non-hydrogen) atoms. The number of ketones is 1. The normalized spacial score (nSPS) is 42.8. The average molecular weight is 893 g/mol. The lowest BCUT2D eigenvalue weighted by Gasteiger charge is -2.49. The molecule has 1 unspecified atom stereocenters. The predicted octanol–water partition coefficient (Wildman–Crippen LogP) is 3.75. The number of ether oxygens (including phenoxy) is 8. The Balaban J connectivity index is 1.42. The van der Waals surface area contributed by atoms with Crippen LogP contribution in [0.4, 0.5) is 4.79 Å². The Morgan fingerprint density at radius 3 is 2.33 bits per heavy atom. The Morgan fingerprint density at radius 1 is 0.984 bits per heavy atom. The van der Waals surface area contributed by atoms with Crippen molar-refractivity contribution in [2.75, 3.05) is 34.3 Å². The standard InChI is InChI=1S/C46H76N4O13/c1-14-33-46(10)38(52)27(4)36(63-46)25(2)22-44(8,55)39(61-42-35(51)32(50(11)12)21-26(3)57-42)28(5)37(29(6)41(53)59-33)60-34-23-45(9,56-13)40(30(7)58-34)62-43(54)49-20-19-47-24-31-17-15-16-18-48-31/h15-18,25-30,32-37,39-40,42,47,51,55H,14,19-24H2,1-13H3,(H,49,54)/t25-,26-,27+,28+,29-,30+,32+,33-,34+,35-,36-,37+,39-,40?,42+,44+,45-,46-/m1/s1. The van der Waals surface area contributed by atoms with E-state index < -0.39 is 102 Å². The van der Waals surface area contributed by atoms with E-state index >= 15 is 0 Å². The zero-order chi connectivity index (χ0) is 46.6. The van der Waals surface area contributed by atoms with Crippen molar-refractivity contribution in [2.24, 2.45) is 23.7 Å². The number of cyclic esters (lactones) is 1. The summed E-state index contributed by atoms with van der Waals surface area (Å²) in [7, 11) is 5.28. The van der Waals surface area contributed by atoms with Gasteiger partial charge >= 0.3 is 12.1 Å². The second-order valence-corrected chi connectivity index (χ2v) is 19.3. The van der Waals surface area contributed by atoms with E-state index in [4.69, 9.17) is 37.9 Å². The van der Waals surface area contributed by atoms with Gasteiger partial charge in [0, 0.05) is 57.2 Å². The largest absolute Gasteiger partial charge is 0.459 e. The summed E-state index contributed by atoms with van der Waals surface area (Å²) in [5.41, 5.74) is -3.28. The van der Waals surface area contributed by atoms with Crippen molar-refractivity contribution in [3.63, 3.8) is 0 Å². The molecule has 2 bridgehead atoms. The predicted molar refractivity (Wildman–Crippen MR) is 231 cm³/mol. The third-order valence-electron chi connectivity index (χ3n) is 13.9. The maximum Gasteiger partial charge on any atom is 0.407 e. The molecule has 18 atom stereocenters. The van der Waals surface area contributed by atoms with Crippen LogP contribution in [0.25, 0.3) is 0 Å². The molecule has 0 radical (unpaired) electrons. The van der Waals surface area contributed by atoms with Crippen molar-refractivity contribution in [3.05, 3.63) is 30.1 Å². The number of pyridine rings is 1. The van der Waals surface area contributed by atoms with Gasteiger partial charge < -0.3 is 63.6 Å². The minimum atomic E-state index is -1.65. The van der Waals surface area contributed by atoms with Crippen LogP contribution in [0, 0.1) is 23.7 Å². The first-order valence-corrected chi connectivity index (χ1v) is 22.8. The molecule has 0 aromatic carbocycles. The highest BCUT2D eigenvalue weighted by Gasteiger charge is 2.59. The van der Waals surface area contributed by atoms with Crippen molar-refractivity contribution in [1.29, 1.82) is 0 Å². The number of aliphatic hydroxyl groups is 2. The van der Waals surface area contributed by atoms with Gasteiger partial charge in [0.1, 0.15) is 17.8 Å². The fourth-order valence-electron chi connectivity index (χ4n) is 10.4.